The van der Waals surface area contributed by atoms with E-state index in [9.17, 15) is 22.8 Å². The Labute approximate surface area is 228 Å². The van der Waals surface area contributed by atoms with Gasteiger partial charge in [0.25, 0.3) is 0 Å². The second-order valence-corrected chi connectivity index (χ2v) is 11.0. The van der Waals surface area contributed by atoms with Crippen molar-refractivity contribution >= 4 is 40.4 Å². The van der Waals surface area contributed by atoms with Gasteiger partial charge in [-0.05, 0) is 49.8 Å². The highest BCUT2D eigenvalue weighted by molar-refractivity contribution is 6.29. The number of hydrogen-bond acceptors (Lipinski definition) is 5. The predicted molar refractivity (Wildman–Crippen MR) is 139 cm³/mol. The van der Waals surface area contributed by atoms with Crippen LogP contribution in [-0.4, -0.2) is 68.6 Å². The lowest BCUT2D eigenvalue weighted by molar-refractivity contribution is -0.191. The summed E-state index contributed by atoms with van der Waals surface area (Å²) in [5.41, 5.74) is 2.36. The van der Waals surface area contributed by atoms with Crippen molar-refractivity contribution in [1.82, 2.24) is 24.4 Å². The van der Waals surface area contributed by atoms with Gasteiger partial charge >= 0.3 is 6.18 Å². The molecule has 8 nitrogen and oxygen atoms in total. The molecule has 5 heterocycles. The molecular weight excluding hydrogens is 533 g/mol. The van der Waals surface area contributed by atoms with Gasteiger partial charge in [-0.3, -0.25) is 9.59 Å². The summed E-state index contributed by atoms with van der Waals surface area (Å²) in [5.74, 6) is -0.541. The molecule has 39 heavy (non-hydrogen) atoms. The van der Waals surface area contributed by atoms with Gasteiger partial charge < -0.3 is 14.7 Å². The fourth-order valence-corrected chi connectivity index (χ4v) is 6.56. The molecule has 0 radical (unpaired) electrons. The smallest absolute Gasteiger partial charge is 0.343 e. The van der Waals surface area contributed by atoms with Crippen molar-refractivity contribution < 1.29 is 22.8 Å². The molecule has 1 aromatic carbocycles. The summed E-state index contributed by atoms with van der Waals surface area (Å²) in [6.45, 7) is 2.98. The van der Waals surface area contributed by atoms with Crippen molar-refractivity contribution in [3.05, 3.63) is 52.9 Å². The maximum atomic E-state index is 14.5. The summed E-state index contributed by atoms with van der Waals surface area (Å²) in [6.07, 6.45) is -0.123. The standard InChI is InChI=1S/C27H28ClF3N6O2/c1-17(38)34-12-8-26(9-13-34)10-14-36(25(26)39)24(27(29,30)31)18-4-6-19(7-5-18)35-11-2-3-20-21(35)16-32-23-15-22(28)33-37(20)23/h4-7,15-16,24H,2-3,8-14H2,1H3/t24-/m0/s1. The van der Waals surface area contributed by atoms with Crippen molar-refractivity contribution in [3.63, 3.8) is 0 Å². The van der Waals surface area contributed by atoms with E-state index in [1.54, 1.807) is 33.8 Å². The maximum Gasteiger partial charge on any atom is 0.413 e. The van der Waals surface area contributed by atoms with E-state index in [1.165, 1.54) is 19.1 Å². The number of anilines is 2. The Kier molecular flexibility index (Phi) is 6.24. The third-order valence-corrected chi connectivity index (χ3v) is 8.66. The number of piperidine rings is 1. The van der Waals surface area contributed by atoms with Crippen LogP contribution in [0.3, 0.4) is 0 Å². The number of alkyl halides is 3. The number of aryl methyl sites for hydroxylation is 1. The second kappa shape index (κ2) is 9.39. The number of fused-ring (bicyclic) bond motifs is 3. The molecule has 6 rings (SSSR count). The molecule has 1 spiro atoms. The highest BCUT2D eigenvalue weighted by Gasteiger charge is 2.55. The predicted octanol–water partition coefficient (Wildman–Crippen LogP) is 4.93. The Bertz CT molecular complexity index is 1430. The zero-order chi connectivity index (χ0) is 27.5. The van der Waals surface area contributed by atoms with E-state index in [0.29, 0.717) is 49.7 Å². The van der Waals surface area contributed by atoms with Gasteiger partial charge in [-0.2, -0.15) is 18.3 Å². The molecule has 0 N–H and O–H groups in total. The average molecular weight is 561 g/mol. The van der Waals surface area contributed by atoms with E-state index in [0.717, 1.165) is 34.8 Å². The number of benzene rings is 1. The van der Waals surface area contributed by atoms with E-state index >= 15 is 0 Å². The molecule has 2 amide bonds. The van der Waals surface area contributed by atoms with Crippen molar-refractivity contribution in [2.24, 2.45) is 5.41 Å². The van der Waals surface area contributed by atoms with Crippen LogP contribution in [0.4, 0.5) is 24.5 Å². The van der Waals surface area contributed by atoms with E-state index in [-0.39, 0.29) is 18.0 Å². The zero-order valence-electron chi connectivity index (χ0n) is 21.4. The molecule has 3 aliphatic heterocycles. The number of carbonyl (C=O) groups is 2. The quantitative estimate of drug-likeness (QED) is 0.454. The Hall–Kier alpha value is -3.34. The van der Waals surface area contributed by atoms with Crippen LogP contribution < -0.4 is 4.90 Å². The van der Waals surface area contributed by atoms with Gasteiger partial charge in [-0.1, -0.05) is 23.7 Å². The van der Waals surface area contributed by atoms with Gasteiger partial charge in [-0.15, -0.1) is 0 Å². The van der Waals surface area contributed by atoms with Gasteiger partial charge in [0.1, 0.15) is 0 Å². The molecule has 12 heteroatoms. The van der Waals surface area contributed by atoms with Gasteiger partial charge in [0, 0.05) is 44.9 Å². The highest BCUT2D eigenvalue weighted by atomic mass is 35.5. The summed E-state index contributed by atoms with van der Waals surface area (Å²) in [5, 5.41) is 4.68. The molecule has 2 aromatic heterocycles. The van der Waals surface area contributed by atoms with Gasteiger partial charge in [0.05, 0.1) is 23.0 Å². The van der Waals surface area contributed by atoms with Crippen molar-refractivity contribution in [2.75, 3.05) is 31.1 Å². The maximum absolute atomic E-state index is 14.5. The Morgan fingerprint density at radius 2 is 1.77 bits per heavy atom. The molecule has 3 aromatic rings. The number of aromatic nitrogens is 3. The Morgan fingerprint density at radius 1 is 1.08 bits per heavy atom. The van der Waals surface area contributed by atoms with Crippen LogP contribution in [0, 0.1) is 5.41 Å². The van der Waals surface area contributed by atoms with Gasteiger partial charge in [0.15, 0.2) is 16.8 Å². The van der Waals surface area contributed by atoms with Crippen LogP contribution in [0.25, 0.3) is 5.65 Å². The average Bonchev–Trinajstić information content (AvgIpc) is 3.43. The minimum Gasteiger partial charge on any atom is -0.343 e. The number of amides is 2. The topological polar surface area (TPSA) is 74.1 Å². The Morgan fingerprint density at radius 3 is 2.44 bits per heavy atom. The highest BCUT2D eigenvalue weighted by Crippen LogP contribution is 2.48. The minimum absolute atomic E-state index is 0.0301. The fourth-order valence-electron chi connectivity index (χ4n) is 6.39. The summed E-state index contributed by atoms with van der Waals surface area (Å²) in [7, 11) is 0. The van der Waals surface area contributed by atoms with Crippen LogP contribution in [0.1, 0.15) is 49.9 Å². The number of carbonyl (C=O) groups excluding carboxylic acids is 2. The van der Waals surface area contributed by atoms with Crippen molar-refractivity contribution in [3.8, 4) is 0 Å². The number of likely N-dealkylation sites (tertiary alicyclic amines) is 2. The van der Waals surface area contributed by atoms with E-state index < -0.39 is 23.5 Å². The van der Waals surface area contributed by atoms with Crippen molar-refractivity contribution in [1.29, 1.82) is 0 Å². The summed E-state index contributed by atoms with van der Waals surface area (Å²) < 4.78 is 45.1. The number of hydrogen-bond donors (Lipinski definition) is 0. The monoisotopic (exact) mass is 560 g/mol. The SMILES string of the molecule is CC(=O)N1CCC2(CC1)CCN([C@@H](c1ccc(N3CCCc4c3cnc3cc(Cl)nn43)cc1)C(F)(F)F)C2=O. The first-order valence-corrected chi connectivity index (χ1v) is 13.5. The van der Waals surface area contributed by atoms with Gasteiger partial charge in [-0.25, -0.2) is 9.50 Å². The number of halogens is 4. The third kappa shape index (κ3) is 4.40. The van der Waals surface area contributed by atoms with Gasteiger partial charge in [0.2, 0.25) is 11.8 Å². The lowest BCUT2D eigenvalue weighted by Crippen LogP contribution is -2.48. The first kappa shape index (κ1) is 25.9. The first-order chi connectivity index (χ1) is 18.6. The zero-order valence-corrected chi connectivity index (χ0v) is 22.2. The molecule has 0 unspecified atom stereocenters. The van der Waals surface area contributed by atoms with Crippen LogP contribution in [0.2, 0.25) is 5.15 Å². The summed E-state index contributed by atoms with van der Waals surface area (Å²) in [4.78, 5) is 34.3. The largest absolute Gasteiger partial charge is 0.413 e. The molecule has 2 fully saturated rings. The molecular formula is C27H28ClF3N6O2. The minimum atomic E-state index is -4.63. The molecule has 2 saturated heterocycles. The molecule has 3 aliphatic rings. The number of rotatable bonds is 3. The lowest BCUT2D eigenvalue weighted by Gasteiger charge is -2.38. The molecule has 0 bridgehead atoms. The Balaban J connectivity index is 1.27. The summed E-state index contributed by atoms with van der Waals surface area (Å²) >= 11 is 6.07. The fraction of sp³-hybridized carbons (Fsp3) is 0.481. The molecule has 206 valence electrons. The molecule has 0 saturated carbocycles. The van der Waals surface area contributed by atoms with Crippen molar-refractivity contribution in [2.45, 2.75) is 51.2 Å². The third-order valence-electron chi connectivity index (χ3n) is 8.47. The van der Waals surface area contributed by atoms with E-state index in [1.807, 2.05) is 4.90 Å². The lowest BCUT2D eigenvalue weighted by atomic mass is 9.77. The van der Waals surface area contributed by atoms with Crippen LogP contribution in [0.15, 0.2) is 36.5 Å². The first-order valence-electron chi connectivity index (χ1n) is 13.1. The normalized spacial score (nSPS) is 20.1. The van der Waals surface area contributed by atoms with Crippen LogP contribution >= 0.6 is 11.6 Å². The molecule has 0 aliphatic carbocycles. The van der Waals surface area contributed by atoms with E-state index in [2.05, 4.69) is 10.1 Å². The number of nitrogens with zero attached hydrogens (tertiary/aromatic N) is 6. The van der Waals surface area contributed by atoms with Crippen LogP contribution in [0.5, 0.6) is 0 Å². The van der Waals surface area contributed by atoms with E-state index in [4.69, 9.17) is 11.6 Å². The summed E-state index contributed by atoms with van der Waals surface area (Å²) in [6, 6.07) is 5.94. The second-order valence-electron chi connectivity index (χ2n) is 10.7. The van der Waals surface area contributed by atoms with Crippen LogP contribution in [-0.2, 0) is 16.0 Å². The molecule has 1 atom stereocenters.